The molecule has 2 fully saturated rings. The maximum absolute atomic E-state index is 11.7. The molecule has 2 atom stereocenters. The summed E-state index contributed by atoms with van der Waals surface area (Å²) in [5.41, 5.74) is 0.101. The smallest absolute Gasteiger partial charge is 0.140 e. The van der Waals surface area contributed by atoms with Gasteiger partial charge in [0, 0.05) is 24.9 Å². The highest BCUT2D eigenvalue weighted by molar-refractivity contribution is 5.86. The Morgan fingerprint density at radius 3 is 2.83 bits per heavy atom. The highest BCUT2D eigenvalue weighted by Crippen LogP contribution is 2.52. The lowest BCUT2D eigenvalue weighted by Crippen LogP contribution is -2.46. The molecule has 0 N–H and O–H groups in total. The number of nitrogens with zero attached hydrogens (tertiary/aromatic N) is 1. The van der Waals surface area contributed by atoms with Crippen LogP contribution in [0.4, 0.5) is 0 Å². The van der Waals surface area contributed by atoms with Gasteiger partial charge in [-0.1, -0.05) is 6.92 Å². The van der Waals surface area contributed by atoms with Crippen molar-refractivity contribution in [3.05, 3.63) is 0 Å². The second-order valence-electron chi connectivity index (χ2n) is 4.37. The third-order valence-electron chi connectivity index (χ3n) is 3.68. The Labute approximate surface area is 73.9 Å². The van der Waals surface area contributed by atoms with E-state index in [0.717, 1.165) is 25.9 Å². The molecule has 2 nitrogen and oxygen atoms in total. The normalized spacial score (nSPS) is 40.7. The van der Waals surface area contributed by atoms with E-state index in [-0.39, 0.29) is 5.41 Å². The van der Waals surface area contributed by atoms with Crippen LogP contribution in [0, 0.1) is 11.3 Å². The van der Waals surface area contributed by atoms with Gasteiger partial charge in [0.15, 0.2) is 0 Å². The molecule has 12 heavy (non-hydrogen) atoms. The summed E-state index contributed by atoms with van der Waals surface area (Å²) in [6, 6.07) is 0. The number of carbonyl (C=O) groups excluding carboxylic acids is 1. The van der Waals surface area contributed by atoms with E-state index < -0.39 is 0 Å². The van der Waals surface area contributed by atoms with Crippen LogP contribution in [0.15, 0.2) is 0 Å². The molecule has 0 radical (unpaired) electrons. The van der Waals surface area contributed by atoms with Crippen LogP contribution in [-0.2, 0) is 4.79 Å². The number of carbonyl (C=O) groups is 1. The molecule has 0 aromatic heterocycles. The average molecular weight is 167 g/mol. The van der Waals surface area contributed by atoms with E-state index in [1.807, 2.05) is 6.92 Å². The molecule has 2 aliphatic rings. The van der Waals surface area contributed by atoms with Crippen molar-refractivity contribution in [3.63, 3.8) is 0 Å². The SMILES string of the molecule is CCC(=O)[C@@]12CC[C@@H]1CN(C)C2. The average Bonchev–Trinajstić information content (AvgIpc) is 2.26. The highest BCUT2D eigenvalue weighted by atomic mass is 16.1. The summed E-state index contributed by atoms with van der Waals surface area (Å²) in [5.74, 6) is 1.19. The van der Waals surface area contributed by atoms with Gasteiger partial charge >= 0.3 is 0 Å². The molecule has 1 saturated heterocycles. The molecule has 0 unspecified atom stereocenters. The molecular weight excluding hydrogens is 150 g/mol. The second kappa shape index (κ2) is 2.56. The van der Waals surface area contributed by atoms with E-state index in [0.29, 0.717) is 11.7 Å². The molecule has 2 rings (SSSR count). The third kappa shape index (κ3) is 0.875. The topological polar surface area (TPSA) is 20.3 Å². The fourth-order valence-electron chi connectivity index (χ4n) is 2.90. The first-order valence-electron chi connectivity index (χ1n) is 4.91. The van der Waals surface area contributed by atoms with Crippen molar-refractivity contribution in [1.29, 1.82) is 0 Å². The van der Waals surface area contributed by atoms with Crippen LogP contribution in [0.3, 0.4) is 0 Å². The number of hydrogen-bond acceptors (Lipinski definition) is 2. The molecule has 1 aliphatic carbocycles. The Morgan fingerprint density at radius 1 is 1.67 bits per heavy atom. The van der Waals surface area contributed by atoms with Gasteiger partial charge in [0.25, 0.3) is 0 Å². The molecular formula is C10H17NO. The van der Waals surface area contributed by atoms with Crippen LogP contribution in [0.5, 0.6) is 0 Å². The summed E-state index contributed by atoms with van der Waals surface area (Å²) in [4.78, 5) is 14.0. The molecule has 68 valence electrons. The van der Waals surface area contributed by atoms with E-state index >= 15 is 0 Å². The summed E-state index contributed by atoms with van der Waals surface area (Å²) in [7, 11) is 2.13. The molecule has 0 amide bonds. The van der Waals surface area contributed by atoms with Crippen molar-refractivity contribution in [2.24, 2.45) is 11.3 Å². The van der Waals surface area contributed by atoms with Gasteiger partial charge in [-0.25, -0.2) is 0 Å². The summed E-state index contributed by atoms with van der Waals surface area (Å²) < 4.78 is 0. The maximum atomic E-state index is 11.7. The second-order valence-corrected chi connectivity index (χ2v) is 4.37. The molecule has 0 aromatic rings. The molecule has 1 aliphatic heterocycles. The summed E-state index contributed by atoms with van der Waals surface area (Å²) in [6.07, 6.45) is 3.15. The Bertz CT molecular complexity index is 214. The van der Waals surface area contributed by atoms with Gasteiger partial charge in [0.05, 0.1) is 0 Å². The van der Waals surface area contributed by atoms with E-state index in [9.17, 15) is 4.79 Å². The van der Waals surface area contributed by atoms with Crippen LogP contribution in [0.2, 0.25) is 0 Å². The van der Waals surface area contributed by atoms with Gasteiger partial charge in [-0.3, -0.25) is 4.79 Å². The fraction of sp³-hybridized carbons (Fsp3) is 0.900. The number of likely N-dealkylation sites (tertiary alicyclic amines) is 1. The van der Waals surface area contributed by atoms with Crippen LogP contribution in [0.1, 0.15) is 26.2 Å². The van der Waals surface area contributed by atoms with Gasteiger partial charge in [-0.05, 0) is 25.8 Å². The number of ketones is 1. The lowest BCUT2D eigenvalue weighted by atomic mass is 9.59. The summed E-state index contributed by atoms with van der Waals surface area (Å²) >= 11 is 0. The molecule has 1 heterocycles. The summed E-state index contributed by atoms with van der Waals surface area (Å²) in [5, 5.41) is 0. The summed E-state index contributed by atoms with van der Waals surface area (Å²) in [6.45, 7) is 4.15. The quantitative estimate of drug-likeness (QED) is 0.618. The first-order chi connectivity index (χ1) is 5.69. The zero-order chi connectivity index (χ0) is 8.77. The number of rotatable bonds is 2. The lowest BCUT2D eigenvalue weighted by molar-refractivity contribution is -0.135. The van der Waals surface area contributed by atoms with Crippen LogP contribution >= 0.6 is 0 Å². The predicted octanol–water partition coefficient (Wildman–Crippen LogP) is 1.31. The molecule has 0 aromatic carbocycles. The van der Waals surface area contributed by atoms with E-state index in [4.69, 9.17) is 0 Å². The van der Waals surface area contributed by atoms with Gasteiger partial charge in [-0.2, -0.15) is 0 Å². The van der Waals surface area contributed by atoms with Crippen LogP contribution < -0.4 is 0 Å². The molecule has 2 heteroatoms. The number of Topliss-reactive ketones (excluding diaryl/α,β-unsaturated/α-hetero) is 1. The van der Waals surface area contributed by atoms with Crippen molar-refractivity contribution < 1.29 is 4.79 Å². The highest BCUT2D eigenvalue weighted by Gasteiger charge is 2.55. The monoisotopic (exact) mass is 167 g/mol. The van der Waals surface area contributed by atoms with Gasteiger partial charge in [-0.15, -0.1) is 0 Å². The molecule has 1 saturated carbocycles. The molecule has 0 bridgehead atoms. The predicted molar refractivity (Wildman–Crippen MR) is 48.0 cm³/mol. The number of hydrogen-bond donors (Lipinski definition) is 0. The van der Waals surface area contributed by atoms with Crippen molar-refractivity contribution in [2.45, 2.75) is 26.2 Å². The van der Waals surface area contributed by atoms with E-state index in [1.165, 1.54) is 6.42 Å². The Kier molecular flexibility index (Phi) is 1.76. The standard InChI is InChI=1S/C10H17NO/c1-3-9(12)10-5-4-8(10)6-11(2)7-10/h8H,3-7H2,1-2H3/t8-,10-/m1/s1. The Hall–Kier alpha value is -0.370. The first kappa shape index (κ1) is 8.24. The van der Waals surface area contributed by atoms with E-state index in [2.05, 4.69) is 11.9 Å². The van der Waals surface area contributed by atoms with Crippen molar-refractivity contribution in [2.75, 3.05) is 20.1 Å². The first-order valence-corrected chi connectivity index (χ1v) is 4.91. The van der Waals surface area contributed by atoms with Crippen LogP contribution in [0.25, 0.3) is 0 Å². The minimum atomic E-state index is 0.101. The number of fused-ring (bicyclic) bond motifs is 1. The van der Waals surface area contributed by atoms with Gasteiger partial charge < -0.3 is 4.90 Å². The Morgan fingerprint density at radius 2 is 2.42 bits per heavy atom. The Balaban J connectivity index is 2.16. The lowest BCUT2D eigenvalue weighted by Gasteiger charge is -2.42. The zero-order valence-electron chi connectivity index (χ0n) is 7.97. The van der Waals surface area contributed by atoms with E-state index in [1.54, 1.807) is 0 Å². The van der Waals surface area contributed by atoms with Gasteiger partial charge in [0.1, 0.15) is 5.78 Å². The fourth-order valence-corrected chi connectivity index (χ4v) is 2.90. The third-order valence-corrected chi connectivity index (χ3v) is 3.68. The minimum absolute atomic E-state index is 0.101. The maximum Gasteiger partial charge on any atom is 0.140 e. The zero-order valence-corrected chi connectivity index (χ0v) is 7.97. The molecule has 0 spiro atoms. The largest absolute Gasteiger partial charge is 0.305 e. The minimum Gasteiger partial charge on any atom is -0.305 e. The van der Waals surface area contributed by atoms with Crippen LogP contribution in [-0.4, -0.2) is 30.8 Å². The van der Waals surface area contributed by atoms with Crippen molar-refractivity contribution >= 4 is 5.78 Å². The van der Waals surface area contributed by atoms with Gasteiger partial charge in [0.2, 0.25) is 0 Å². The van der Waals surface area contributed by atoms with Crippen molar-refractivity contribution in [1.82, 2.24) is 4.90 Å². The van der Waals surface area contributed by atoms with Crippen molar-refractivity contribution in [3.8, 4) is 0 Å².